The summed E-state index contributed by atoms with van der Waals surface area (Å²) in [5.74, 6) is -0.517. The van der Waals surface area contributed by atoms with Crippen LogP contribution in [0.1, 0.15) is 17.5 Å². The average Bonchev–Trinajstić information content (AvgIpc) is 2.99. The smallest absolute Gasteiger partial charge is 0.246 e. The molecule has 0 N–H and O–H groups in total. The predicted octanol–water partition coefficient (Wildman–Crippen LogP) is 3.37. The third-order valence-electron chi connectivity index (χ3n) is 4.65. The van der Waals surface area contributed by atoms with Gasteiger partial charge >= 0.3 is 0 Å². The molecule has 0 unspecified atom stereocenters. The summed E-state index contributed by atoms with van der Waals surface area (Å²) < 4.78 is 39.6. The van der Waals surface area contributed by atoms with E-state index in [2.05, 4.69) is 0 Å². The maximum absolute atomic E-state index is 12.9. The van der Waals surface area contributed by atoms with E-state index in [1.54, 1.807) is 29.2 Å². The summed E-state index contributed by atoms with van der Waals surface area (Å²) >= 11 is 0. The molecule has 0 radical (unpaired) electrons. The lowest BCUT2D eigenvalue weighted by atomic mass is 10.2. The van der Waals surface area contributed by atoms with Crippen molar-refractivity contribution in [3.63, 3.8) is 0 Å². The number of carbonyl (C=O) groups excluding carboxylic acids is 1. The molecule has 152 valence electrons. The molecule has 0 spiro atoms. The average molecular weight is 415 g/mol. The van der Waals surface area contributed by atoms with E-state index in [4.69, 9.17) is 0 Å². The van der Waals surface area contributed by atoms with Crippen LogP contribution in [0.2, 0.25) is 0 Å². The molecule has 0 aromatic heterocycles. The molecule has 2 aromatic carbocycles. The Balaban J connectivity index is 1.59. The van der Waals surface area contributed by atoms with Gasteiger partial charge in [0.1, 0.15) is 5.82 Å². The summed E-state index contributed by atoms with van der Waals surface area (Å²) in [6.45, 7) is 1.43. The monoisotopic (exact) mass is 414 g/mol. The molecule has 1 amide bonds. The van der Waals surface area contributed by atoms with Crippen LogP contribution >= 0.6 is 0 Å². The van der Waals surface area contributed by atoms with Crippen LogP contribution in [0.5, 0.6) is 0 Å². The second-order valence-corrected chi connectivity index (χ2v) is 8.54. The van der Waals surface area contributed by atoms with Gasteiger partial charge in [-0.25, -0.2) is 12.8 Å². The van der Waals surface area contributed by atoms with Crippen molar-refractivity contribution in [2.45, 2.75) is 6.42 Å². The van der Waals surface area contributed by atoms with Gasteiger partial charge in [-0.2, -0.15) is 4.31 Å². The molecule has 5 nitrogen and oxygen atoms in total. The van der Waals surface area contributed by atoms with E-state index < -0.39 is 10.0 Å². The fourth-order valence-electron chi connectivity index (χ4n) is 3.03. The molecule has 1 aliphatic rings. The maximum Gasteiger partial charge on any atom is 0.246 e. The van der Waals surface area contributed by atoms with Crippen molar-refractivity contribution in [1.82, 2.24) is 9.21 Å². The molecule has 0 saturated carbocycles. The fraction of sp³-hybridized carbons (Fsp3) is 0.227. The summed E-state index contributed by atoms with van der Waals surface area (Å²) in [6.07, 6.45) is 5.21. The quantitative estimate of drug-likeness (QED) is 0.705. The Labute approximate surface area is 170 Å². The van der Waals surface area contributed by atoms with E-state index >= 15 is 0 Å². The third-order valence-corrected chi connectivity index (χ3v) is 6.21. The van der Waals surface area contributed by atoms with Crippen LogP contribution in [0.3, 0.4) is 0 Å². The second-order valence-electron chi connectivity index (χ2n) is 6.72. The van der Waals surface area contributed by atoms with Crippen LogP contribution in [0.15, 0.2) is 66.1 Å². The molecule has 29 heavy (non-hydrogen) atoms. The molecule has 2 aromatic rings. The third kappa shape index (κ3) is 6.10. The van der Waals surface area contributed by atoms with E-state index in [1.165, 1.54) is 27.9 Å². The van der Waals surface area contributed by atoms with Crippen molar-refractivity contribution in [3.8, 4) is 0 Å². The van der Waals surface area contributed by atoms with Crippen LogP contribution < -0.4 is 0 Å². The zero-order chi connectivity index (χ0) is 20.7. The van der Waals surface area contributed by atoms with Crippen molar-refractivity contribution >= 4 is 28.1 Å². The van der Waals surface area contributed by atoms with Gasteiger partial charge in [0.05, 0.1) is 0 Å². The molecular formula is C22H23FN2O3S. The summed E-state index contributed by atoms with van der Waals surface area (Å²) in [6, 6.07) is 15.1. The van der Waals surface area contributed by atoms with E-state index in [1.807, 2.05) is 30.3 Å². The highest BCUT2D eigenvalue weighted by atomic mass is 32.2. The first-order valence-corrected chi connectivity index (χ1v) is 10.9. The molecule has 3 rings (SSSR count). The SMILES string of the molecule is O=C(/C=C/c1ccc(F)cc1)N1CCCN(S(=O)(=O)/C=C/c2ccccc2)CC1. The molecule has 1 heterocycles. The lowest BCUT2D eigenvalue weighted by Gasteiger charge is -2.19. The first-order valence-electron chi connectivity index (χ1n) is 9.40. The summed E-state index contributed by atoms with van der Waals surface area (Å²) in [7, 11) is -3.55. The van der Waals surface area contributed by atoms with Crippen LogP contribution in [-0.4, -0.2) is 49.7 Å². The van der Waals surface area contributed by atoms with Gasteiger partial charge in [0.2, 0.25) is 15.9 Å². The lowest BCUT2D eigenvalue weighted by Crippen LogP contribution is -2.36. The summed E-state index contributed by atoms with van der Waals surface area (Å²) in [5.41, 5.74) is 1.54. The van der Waals surface area contributed by atoms with E-state index in [-0.39, 0.29) is 18.3 Å². The Bertz CT molecular complexity index is 986. The minimum Gasteiger partial charge on any atom is -0.338 e. The minimum atomic E-state index is -3.55. The van der Waals surface area contributed by atoms with Gasteiger partial charge in [-0.1, -0.05) is 42.5 Å². The normalized spacial score (nSPS) is 16.4. The maximum atomic E-state index is 12.9. The van der Waals surface area contributed by atoms with E-state index in [9.17, 15) is 17.6 Å². The second kappa shape index (κ2) is 9.62. The number of hydrogen-bond donors (Lipinski definition) is 0. The van der Waals surface area contributed by atoms with Crippen molar-refractivity contribution in [2.24, 2.45) is 0 Å². The van der Waals surface area contributed by atoms with Crippen molar-refractivity contribution < 1.29 is 17.6 Å². The number of hydrogen-bond acceptors (Lipinski definition) is 3. The highest BCUT2D eigenvalue weighted by molar-refractivity contribution is 7.92. The van der Waals surface area contributed by atoms with Gasteiger partial charge in [0.25, 0.3) is 0 Å². The van der Waals surface area contributed by atoms with Gasteiger partial charge in [-0.3, -0.25) is 4.79 Å². The van der Waals surface area contributed by atoms with E-state index in [0.29, 0.717) is 26.1 Å². The molecule has 1 saturated heterocycles. The van der Waals surface area contributed by atoms with Crippen molar-refractivity contribution in [3.05, 3.63) is 83.0 Å². The Morgan fingerprint density at radius 2 is 1.55 bits per heavy atom. The van der Waals surface area contributed by atoms with Crippen LogP contribution in [0.4, 0.5) is 4.39 Å². The Kier molecular flexibility index (Phi) is 6.95. The van der Waals surface area contributed by atoms with Crippen LogP contribution in [0, 0.1) is 5.82 Å². The molecule has 0 bridgehead atoms. The Morgan fingerprint density at radius 3 is 2.28 bits per heavy atom. The minimum absolute atomic E-state index is 0.187. The molecule has 7 heteroatoms. The number of benzene rings is 2. The number of halogens is 1. The number of carbonyl (C=O) groups is 1. The van der Waals surface area contributed by atoms with E-state index in [0.717, 1.165) is 11.1 Å². The number of amides is 1. The standard InChI is InChI=1S/C22H23FN2O3S/c23-21-10-7-20(8-11-21)9-12-22(26)24-14-4-15-25(17-16-24)29(27,28)18-13-19-5-2-1-3-6-19/h1-3,5-13,18H,4,14-17H2/b12-9+,18-13+. The molecule has 1 fully saturated rings. The topological polar surface area (TPSA) is 57.7 Å². The first kappa shape index (κ1) is 21.0. The van der Waals surface area contributed by atoms with Crippen molar-refractivity contribution in [1.29, 1.82) is 0 Å². The Morgan fingerprint density at radius 1 is 0.862 bits per heavy atom. The highest BCUT2D eigenvalue weighted by Crippen LogP contribution is 2.13. The number of sulfonamides is 1. The van der Waals surface area contributed by atoms with Gasteiger partial charge < -0.3 is 4.90 Å². The van der Waals surface area contributed by atoms with Gasteiger partial charge in [0.15, 0.2) is 0 Å². The molecular weight excluding hydrogens is 391 g/mol. The first-order chi connectivity index (χ1) is 13.9. The van der Waals surface area contributed by atoms with Gasteiger partial charge in [-0.15, -0.1) is 0 Å². The van der Waals surface area contributed by atoms with Crippen LogP contribution in [-0.2, 0) is 14.8 Å². The molecule has 1 aliphatic heterocycles. The van der Waals surface area contributed by atoms with Crippen LogP contribution in [0.25, 0.3) is 12.2 Å². The number of rotatable bonds is 5. The van der Waals surface area contributed by atoms with Crippen molar-refractivity contribution in [2.75, 3.05) is 26.2 Å². The zero-order valence-corrected chi connectivity index (χ0v) is 16.8. The predicted molar refractivity (Wildman–Crippen MR) is 113 cm³/mol. The summed E-state index contributed by atoms with van der Waals surface area (Å²) in [5, 5.41) is 1.22. The highest BCUT2D eigenvalue weighted by Gasteiger charge is 2.24. The summed E-state index contributed by atoms with van der Waals surface area (Å²) in [4.78, 5) is 14.1. The fourth-order valence-corrected chi connectivity index (χ4v) is 4.25. The number of nitrogens with zero attached hydrogens (tertiary/aromatic N) is 2. The largest absolute Gasteiger partial charge is 0.338 e. The zero-order valence-electron chi connectivity index (χ0n) is 15.9. The van der Waals surface area contributed by atoms with Gasteiger partial charge in [-0.05, 0) is 41.8 Å². The Hall–Kier alpha value is -2.77. The van der Waals surface area contributed by atoms with Gasteiger partial charge in [0, 0.05) is 37.7 Å². The lowest BCUT2D eigenvalue weighted by molar-refractivity contribution is -0.125. The molecule has 0 aliphatic carbocycles. The molecule has 0 atom stereocenters.